The van der Waals surface area contributed by atoms with Crippen molar-refractivity contribution in [2.45, 2.75) is 12.3 Å². The third-order valence-electron chi connectivity index (χ3n) is 4.03. The molecule has 0 spiro atoms. The summed E-state index contributed by atoms with van der Waals surface area (Å²) in [5.41, 5.74) is 8.18. The lowest BCUT2D eigenvalue weighted by Gasteiger charge is -2.22. The van der Waals surface area contributed by atoms with Crippen LogP contribution in [0.4, 0.5) is 0 Å². The van der Waals surface area contributed by atoms with E-state index in [2.05, 4.69) is 0 Å². The van der Waals surface area contributed by atoms with Crippen molar-refractivity contribution in [1.82, 2.24) is 0 Å². The molecule has 0 amide bonds. The fraction of sp³-hybridized carbons (Fsp3) is 0.333. The molecule has 23 heavy (non-hydrogen) atoms. The van der Waals surface area contributed by atoms with Gasteiger partial charge in [-0.15, -0.1) is 0 Å². The number of halogens is 1. The number of benzene rings is 2. The largest absolute Gasteiger partial charge is 0.496 e. The smallest absolute Gasteiger partial charge is 0.161 e. The van der Waals surface area contributed by atoms with Gasteiger partial charge in [0.15, 0.2) is 11.5 Å². The number of methoxy groups -OCH3 is 1. The summed E-state index contributed by atoms with van der Waals surface area (Å²) in [5.74, 6) is 2.55. The van der Waals surface area contributed by atoms with E-state index < -0.39 is 0 Å². The summed E-state index contributed by atoms with van der Waals surface area (Å²) < 4.78 is 16.7. The van der Waals surface area contributed by atoms with Gasteiger partial charge in [0.1, 0.15) is 19.0 Å². The van der Waals surface area contributed by atoms with Crippen LogP contribution in [0, 0.1) is 0 Å². The molecule has 3 rings (SSSR count). The van der Waals surface area contributed by atoms with E-state index in [9.17, 15) is 0 Å². The van der Waals surface area contributed by atoms with Crippen LogP contribution >= 0.6 is 11.6 Å². The minimum atomic E-state index is 0.151. The van der Waals surface area contributed by atoms with Gasteiger partial charge in [-0.2, -0.15) is 0 Å². The van der Waals surface area contributed by atoms with Crippen LogP contribution in [0.1, 0.15) is 17.0 Å². The van der Waals surface area contributed by atoms with Crippen LogP contribution in [0.2, 0.25) is 5.02 Å². The molecule has 0 radical (unpaired) electrons. The van der Waals surface area contributed by atoms with Crippen molar-refractivity contribution in [3.63, 3.8) is 0 Å². The van der Waals surface area contributed by atoms with Crippen molar-refractivity contribution in [2.24, 2.45) is 5.73 Å². The molecule has 2 aromatic rings. The van der Waals surface area contributed by atoms with Crippen molar-refractivity contribution in [2.75, 3.05) is 26.9 Å². The molecule has 0 fully saturated rings. The summed E-state index contributed by atoms with van der Waals surface area (Å²) in [7, 11) is 1.66. The minimum absolute atomic E-state index is 0.151. The van der Waals surface area contributed by atoms with E-state index >= 15 is 0 Å². The van der Waals surface area contributed by atoms with Gasteiger partial charge in [0.2, 0.25) is 0 Å². The number of fused-ring (bicyclic) bond motifs is 1. The molecule has 0 bridgehead atoms. The van der Waals surface area contributed by atoms with Gasteiger partial charge in [-0.1, -0.05) is 17.7 Å². The lowest BCUT2D eigenvalue weighted by molar-refractivity contribution is 0.171. The second-order valence-electron chi connectivity index (χ2n) is 5.50. The zero-order valence-electron chi connectivity index (χ0n) is 13.0. The topological polar surface area (TPSA) is 53.7 Å². The maximum atomic E-state index is 6.12. The first-order valence-corrected chi connectivity index (χ1v) is 8.01. The molecule has 0 saturated carbocycles. The van der Waals surface area contributed by atoms with Gasteiger partial charge in [0.05, 0.1) is 7.11 Å². The number of hydrogen-bond acceptors (Lipinski definition) is 4. The zero-order valence-corrected chi connectivity index (χ0v) is 13.8. The molecule has 5 heteroatoms. The fourth-order valence-electron chi connectivity index (χ4n) is 2.82. The molecule has 2 aromatic carbocycles. The quantitative estimate of drug-likeness (QED) is 0.911. The van der Waals surface area contributed by atoms with Gasteiger partial charge >= 0.3 is 0 Å². The van der Waals surface area contributed by atoms with Crippen LogP contribution in [0.25, 0.3) is 0 Å². The van der Waals surface area contributed by atoms with E-state index in [-0.39, 0.29) is 5.92 Å². The summed E-state index contributed by atoms with van der Waals surface area (Å²) >= 11 is 6.12. The first-order chi connectivity index (χ1) is 11.2. The maximum Gasteiger partial charge on any atom is 0.161 e. The summed E-state index contributed by atoms with van der Waals surface area (Å²) in [5, 5.41) is 0.693. The summed E-state index contributed by atoms with van der Waals surface area (Å²) in [6.07, 6.45) is 0.750. The van der Waals surface area contributed by atoms with Gasteiger partial charge in [-0.3, -0.25) is 0 Å². The minimum Gasteiger partial charge on any atom is -0.496 e. The summed E-state index contributed by atoms with van der Waals surface area (Å²) in [6.45, 7) is 1.69. The van der Waals surface area contributed by atoms with Gasteiger partial charge < -0.3 is 19.9 Å². The third kappa shape index (κ3) is 3.54. The number of rotatable bonds is 5. The molecular formula is C18H20ClNO3. The number of nitrogens with two attached hydrogens (primary N) is 1. The van der Waals surface area contributed by atoms with E-state index in [4.69, 9.17) is 31.5 Å². The second kappa shape index (κ2) is 7.11. The fourth-order valence-corrected chi connectivity index (χ4v) is 3.02. The maximum absolute atomic E-state index is 6.12. The first kappa shape index (κ1) is 16.0. The van der Waals surface area contributed by atoms with Crippen molar-refractivity contribution in [1.29, 1.82) is 0 Å². The molecule has 1 atom stereocenters. The predicted octanol–water partition coefficient (Wildman–Crippen LogP) is 3.40. The van der Waals surface area contributed by atoms with Gasteiger partial charge in [0, 0.05) is 10.9 Å². The Hall–Kier alpha value is -1.91. The molecule has 2 N–H and O–H groups in total. The molecule has 4 nitrogen and oxygen atoms in total. The Morgan fingerprint density at radius 1 is 1.13 bits per heavy atom. The van der Waals surface area contributed by atoms with Crippen LogP contribution in [0.15, 0.2) is 36.4 Å². The van der Waals surface area contributed by atoms with Crippen molar-refractivity contribution in [3.8, 4) is 17.2 Å². The van der Waals surface area contributed by atoms with Crippen molar-refractivity contribution in [3.05, 3.63) is 52.5 Å². The highest BCUT2D eigenvalue weighted by molar-refractivity contribution is 6.30. The van der Waals surface area contributed by atoms with E-state index in [1.807, 2.05) is 36.4 Å². The Kier molecular flexibility index (Phi) is 4.94. The Bertz CT molecular complexity index is 690. The average molecular weight is 334 g/mol. The van der Waals surface area contributed by atoms with Gasteiger partial charge in [-0.25, -0.2) is 0 Å². The molecule has 1 unspecified atom stereocenters. The second-order valence-corrected chi connectivity index (χ2v) is 5.93. The van der Waals surface area contributed by atoms with E-state index in [0.29, 0.717) is 24.8 Å². The normalized spacial score (nSPS) is 14.4. The Balaban J connectivity index is 1.87. The first-order valence-electron chi connectivity index (χ1n) is 7.63. The van der Waals surface area contributed by atoms with Crippen LogP contribution in [0.5, 0.6) is 17.2 Å². The zero-order chi connectivity index (χ0) is 16.2. The SMILES string of the molecule is COc1ccc(Cl)cc1CC(CN)c1ccc2c(c1)OCCO2. The Morgan fingerprint density at radius 2 is 1.91 bits per heavy atom. The van der Waals surface area contributed by atoms with Crippen LogP contribution in [0.3, 0.4) is 0 Å². The molecule has 122 valence electrons. The van der Waals surface area contributed by atoms with Crippen LogP contribution in [-0.4, -0.2) is 26.9 Å². The van der Waals surface area contributed by atoms with Crippen LogP contribution in [-0.2, 0) is 6.42 Å². The van der Waals surface area contributed by atoms with Gasteiger partial charge in [0.25, 0.3) is 0 Å². The van der Waals surface area contributed by atoms with Gasteiger partial charge in [-0.05, 0) is 54.4 Å². The highest BCUT2D eigenvalue weighted by atomic mass is 35.5. The van der Waals surface area contributed by atoms with E-state index in [1.54, 1.807) is 7.11 Å². The van der Waals surface area contributed by atoms with E-state index in [1.165, 1.54) is 0 Å². The number of hydrogen-bond donors (Lipinski definition) is 1. The highest BCUT2D eigenvalue weighted by Gasteiger charge is 2.18. The Labute approximate surface area is 141 Å². The third-order valence-corrected chi connectivity index (χ3v) is 4.27. The van der Waals surface area contributed by atoms with Crippen molar-refractivity contribution < 1.29 is 14.2 Å². The Morgan fingerprint density at radius 3 is 2.65 bits per heavy atom. The highest BCUT2D eigenvalue weighted by Crippen LogP contribution is 2.35. The lowest BCUT2D eigenvalue weighted by Crippen LogP contribution is -2.18. The molecule has 0 saturated heterocycles. The molecular weight excluding hydrogens is 314 g/mol. The summed E-state index contributed by atoms with van der Waals surface area (Å²) in [4.78, 5) is 0. The summed E-state index contributed by atoms with van der Waals surface area (Å²) in [6, 6.07) is 11.6. The molecule has 1 aliphatic rings. The molecule has 0 aromatic heterocycles. The predicted molar refractivity (Wildman–Crippen MR) is 90.9 cm³/mol. The lowest BCUT2D eigenvalue weighted by atomic mass is 9.91. The number of ether oxygens (including phenoxy) is 3. The molecule has 0 aliphatic carbocycles. The average Bonchev–Trinajstić information content (AvgIpc) is 2.59. The van der Waals surface area contributed by atoms with Crippen molar-refractivity contribution >= 4 is 11.6 Å². The molecule has 1 aliphatic heterocycles. The molecule has 1 heterocycles. The van der Waals surface area contributed by atoms with Crippen LogP contribution < -0.4 is 19.9 Å². The standard InChI is InChI=1S/C18H20ClNO3/c1-21-16-5-3-15(19)9-13(16)8-14(11-20)12-2-4-17-18(10-12)23-7-6-22-17/h2-5,9-10,14H,6-8,11,20H2,1H3. The van der Waals surface area contributed by atoms with E-state index in [0.717, 1.165) is 34.8 Å². The monoisotopic (exact) mass is 333 g/mol.